The molecular formula is C21H33N3O4. The van der Waals surface area contributed by atoms with Crippen LogP contribution in [0.25, 0.3) is 0 Å². The Morgan fingerprint density at radius 2 is 1.93 bits per heavy atom. The van der Waals surface area contributed by atoms with E-state index in [1.807, 2.05) is 34.6 Å². The van der Waals surface area contributed by atoms with Crippen LogP contribution in [0.3, 0.4) is 0 Å². The van der Waals surface area contributed by atoms with Crippen LogP contribution in [-0.4, -0.2) is 42.1 Å². The molecule has 0 aromatic rings. The molecule has 0 atom stereocenters. The van der Waals surface area contributed by atoms with Gasteiger partial charge in [-0.2, -0.15) is 0 Å². The molecule has 0 aliphatic carbocycles. The lowest BCUT2D eigenvalue weighted by Gasteiger charge is -2.32. The second kappa shape index (κ2) is 10.7. The number of nitrogens with one attached hydrogen (secondary N) is 1. The number of nitrogens with two attached hydrogens (primary N) is 1. The third-order valence-corrected chi connectivity index (χ3v) is 3.91. The van der Waals surface area contributed by atoms with Crippen LogP contribution in [0.2, 0.25) is 0 Å². The molecule has 0 radical (unpaired) electrons. The highest BCUT2D eigenvalue weighted by Gasteiger charge is 2.30. The summed E-state index contributed by atoms with van der Waals surface area (Å²) >= 11 is 0. The van der Waals surface area contributed by atoms with E-state index in [1.165, 1.54) is 0 Å². The van der Waals surface area contributed by atoms with Gasteiger partial charge in [0.1, 0.15) is 11.4 Å². The van der Waals surface area contributed by atoms with E-state index in [1.54, 1.807) is 23.1 Å². The SMILES string of the molecule is C=C/C=C\C1=C(CN)NC(=O)C(=C2CCN(C(=O)OC(C)(C)C)CC2)O1.CC. The number of ether oxygens (including phenoxy) is 2. The molecule has 0 bridgehead atoms. The van der Waals surface area contributed by atoms with Gasteiger partial charge in [-0.15, -0.1) is 0 Å². The largest absolute Gasteiger partial charge is 0.450 e. The summed E-state index contributed by atoms with van der Waals surface area (Å²) in [6, 6.07) is 0. The summed E-state index contributed by atoms with van der Waals surface area (Å²) in [5.41, 5.74) is 6.55. The number of allylic oxidation sites excluding steroid dienone is 3. The van der Waals surface area contributed by atoms with Gasteiger partial charge in [-0.1, -0.05) is 32.6 Å². The summed E-state index contributed by atoms with van der Waals surface area (Å²) in [6.45, 7) is 14.3. The van der Waals surface area contributed by atoms with Crippen LogP contribution < -0.4 is 11.1 Å². The summed E-state index contributed by atoms with van der Waals surface area (Å²) in [5, 5.41) is 2.78. The summed E-state index contributed by atoms with van der Waals surface area (Å²) in [6.07, 6.45) is 5.82. The molecule has 28 heavy (non-hydrogen) atoms. The molecule has 0 saturated carbocycles. The smallest absolute Gasteiger partial charge is 0.410 e. The first-order chi connectivity index (χ1) is 13.2. The van der Waals surface area contributed by atoms with Crippen molar-refractivity contribution < 1.29 is 19.1 Å². The topological polar surface area (TPSA) is 93.9 Å². The minimum atomic E-state index is -0.530. The molecule has 2 amide bonds. The van der Waals surface area contributed by atoms with E-state index < -0.39 is 5.60 Å². The van der Waals surface area contributed by atoms with Crippen molar-refractivity contribution in [3.63, 3.8) is 0 Å². The van der Waals surface area contributed by atoms with Crippen molar-refractivity contribution in [2.24, 2.45) is 5.73 Å². The van der Waals surface area contributed by atoms with Crippen molar-refractivity contribution in [2.45, 2.75) is 53.1 Å². The molecule has 2 heterocycles. The number of carbonyl (C=O) groups excluding carboxylic acids is 2. The summed E-state index contributed by atoms with van der Waals surface area (Å²) in [7, 11) is 0. The fourth-order valence-corrected chi connectivity index (χ4v) is 2.66. The average molecular weight is 392 g/mol. The third kappa shape index (κ3) is 6.56. The maximum Gasteiger partial charge on any atom is 0.410 e. The van der Waals surface area contributed by atoms with E-state index in [9.17, 15) is 9.59 Å². The van der Waals surface area contributed by atoms with Crippen LogP contribution in [0, 0.1) is 0 Å². The molecule has 7 nitrogen and oxygen atoms in total. The van der Waals surface area contributed by atoms with E-state index in [0.717, 1.165) is 5.57 Å². The van der Waals surface area contributed by atoms with Gasteiger partial charge in [-0.25, -0.2) is 4.79 Å². The Morgan fingerprint density at radius 3 is 2.43 bits per heavy atom. The second-order valence-corrected chi connectivity index (χ2v) is 7.10. The van der Waals surface area contributed by atoms with Gasteiger partial charge in [0.25, 0.3) is 5.91 Å². The van der Waals surface area contributed by atoms with Gasteiger partial charge in [-0.3, -0.25) is 4.79 Å². The number of rotatable bonds is 3. The molecular weight excluding hydrogens is 358 g/mol. The predicted molar refractivity (Wildman–Crippen MR) is 110 cm³/mol. The molecule has 2 rings (SSSR count). The lowest BCUT2D eigenvalue weighted by Crippen LogP contribution is -2.41. The molecule has 0 unspecified atom stereocenters. The highest BCUT2D eigenvalue weighted by atomic mass is 16.6. The standard InChI is InChI=1S/C19H27N3O4.C2H6/c1-5-6-7-15-14(12-20)21-17(23)16(25-15)13-8-10-22(11-9-13)18(24)26-19(2,3)4;1-2/h5-7H,1,8-12,20H2,2-4H3,(H,21,23);1-2H3/b7-6-;. The quantitative estimate of drug-likeness (QED) is 0.568. The van der Waals surface area contributed by atoms with Crippen molar-refractivity contribution in [2.75, 3.05) is 19.6 Å². The van der Waals surface area contributed by atoms with Crippen LogP contribution in [0.5, 0.6) is 0 Å². The lowest BCUT2D eigenvalue weighted by molar-refractivity contribution is -0.120. The molecule has 0 aromatic carbocycles. The van der Waals surface area contributed by atoms with Crippen LogP contribution in [0.1, 0.15) is 47.5 Å². The maximum absolute atomic E-state index is 12.4. The lowest BCUT2D eigenvalue weighted by atomic mass is 10.0. The maximum atomic E-state index is 12.4. The molecule has 2 aliphatic rings. The average Bonchev–Trinajstić information content (AvgIpc) is 2.67. The van der Waals surface area contributed by atoms with Gasteiger partial charge in [0.05, 0.1) is 5.70 Å². The number of hydrogen-bond acceptors (Lipinski definition) is 5. The monoisotopic (exact) mass is 391 g/mol. The van der Waals surface area contributed by atoms with E-state index in [2.05, 4.69) is 11.9 Å². The van der Waals surface area contributed by atoms with Gasteiger partial charge in [-0.05, 0) is 45.3 Å². The first-order valence-electron chi connectivity index (χ1n) is 9.66. The fraction of sp³-hybridized carbons (Fsp3) is 0.524. The zero-order valence-electron chi connectivity index (χ0n) is 17.6. The minimum Gasteiger partial charge on any atom is -0.450 e. The van der Waals surface area contributed by atoms with Crippen molar-refractivity contribution in [1.29, 1.82) is 0 Å². The molecule has 2 aliphatic heterocycles. The van der Waals surface area contributed by atoms with Gasteiger partial charge < -0.3 is 25.4 Å². The molecule has 0 spiro atoms. The third-order valence-electron chi connectivity index (χ3n) is 3.91. The fourth-order valence-electron chi connectivity index (χ4n) is 2.66. The Bertz CT molecular complexity index is 674. The zero-order chi connectivity index (χ0) is 21.3. The second-order valence-electron chi connectivity index (χ2n) is 7.10. The zero-order valence-corrected chi connectivity index (χ0v) is 17.6. The number of likely N-dealkylation sites (tertiary alicyclic amines) is 1. The van der Waals surface area contributed by atoms with Crippen molar-refractivity contribution in [3.8, 4) is 0 Å². The van der Waals surface area contributed by atoms with Crippen LogP contribution >= 0.6 is 0 Å². The Kier molecular flexibility index (Phi) is 8.99. The van der Waals surface area contributed by atoms with E-state index in [-0.39, 0.29) is 24.3 Å². The van der Waals surface area contributed by atoms with E-state index in [0.29, 0.717) is 37.4 Å². The highest BCUT2D eigenvalue weighted by Crippen LogP contribution is 2.27. The molecule has 1 saturated heterocycles. The normalized spacial score (nSPS) is 17.6. The van der Waals surface area contributed by atoms with Crippen molar-refractivity contribution in [3.05, 3.63) is 47.6 Å². The number of amides is 2. The van der Waals surface area contributed by atoms with Gasteiger partial charge in [0, 0.05) is 19.6 Å². The molecule has 0 aromatic heterocycles. The minimum absolute atomic E-state index is 0.164. The van der Waals surface area contributed by atoms with Crippen LogP contribution in [0.15, 0.2) is 47.6 Å². The van der Waals surface area contributed by atoms with E-state index in [4.69, 9.17) is 15.2 Å². The number of nitrogens with zero attached hydrogens (tertiary/aromatic N) is 1. The molecule has 156 valence electrons. The Hall–Kier alpha value is -2.54. The Labute approximate surface area is 167 Å². The summed E-state index contributed by atoms with van der Waals surface area (Å²) in [5.74, 6) is 0.487. The molecule has 7 heteroatoms. The van der Waals surface area contributed by atoms with Gasteiger partial charge in [0.15, 0.2) is 5.76 Å². The number of piperidine rings is 1. The van der Waals surface area contributed by atoms with Crippen LogP contribution in [-0.2, 0) is 14.3 Å². The van der Waals surface area contributed by atoms with Crippen molar-refractivity contribution >= 4 is 12.0 Å². The summed E-state index contributed by atoms with van der Waals surface area (Å²) < 4.78 is 11.2. The Morgan fingerprint density at radius 1 is 1.32 bits per heavy atom. The van der Waals surface area contributed by atoms with Crippen molar-refractivity contribution in [1.82, 2.24) is 10.2 Å². The van der Waals surface area contributed by atoms with Gasteiger partial charge in [0.2, 0.25) is 0 Å². The van der Waals surface area contributed by atoms with Gasteiger partial charge >= 0.3 is 6.09 Å². The summed E-state index contributed by atoms with van der Waals surface area (Å²) in [4.78, 5) is 26.2. The Balaban J connectivity index is 0.00000190. The highest BCUT2D eigenvalue weighted by molar-refractivity contribution is 5.94. The number of carbonyl (C=O) groups is 2. The van der Waals surface area contributed by atoms with Crippen LogP contribution in [0.4, 0.5) is 4.79 Å². The number of hydrogen-bond donors (Lipinski definition) is 2. The van der Waals surface area contributed by atoms with E-state index >= 15 is 0 Å². The predicted octanol–water partition coefficient (Wildman–Crippen LogP) is 3.36. The first kappa shape index (κ1) is 23.5. The molecule has 1 fully saturated rings. The first-order valence-corrected chi connectivity index (χ1v) is 9.66. The molecule has 3 N–H and O–H groups in total.